The molecule has 0 saturated heterocycles. The minimum Gasteiger partial charge on any atom is -0.373 e. The lowest BCUT2D eigenvalue weighted by Gasteiger charge is -2.25. The third-order valence-corrected chi connectivity index (χ3v) is 3.01. The standard InChI is InChI=1S/C12H18FN3/c1-15-6-2-7-16(8-5-14)12-9-10(13)3-4-11(12)15/h3-4,9H,2,5-8,14H2,1H3. The number of halogens is 1. The van der Waals surface area contributed by atoms with Crippen LogP contribution in [0.2, 0.25) is 0 Å². The molecule has 0 radical (unpaired) electrons. The summed E-state index contributed by atoms with van der Waals surface area (Å²) in [7, 11) is 2.04. The molecule has 0 bridgehead atoms. The summed E-state index contributed by atoms with van der Waals surface area (Å²) in [5.74, 6) is -0.184. The molecule has 1 heterocycles. The Labute approximate surface area is 95.6 Å². The minimum atomic E-state index is -0.184. The maximum Gasteiger partial charge on any atom is 0.125 e. The van der Waals surface area contributed by atoms with Crippen LogP contribution in [0.3, 0.4) is 0 Å². The summed E-state index contributed by atoms with van der Waals surface area (Å²) in [6.45, 7) is 3.32. The van der Waals surface area contributed by atoms with Gasteiger partial charge in [0.2, 0.25) is 0 Å². The zero-order valence-corrected chi connectivity index (χ0v) is 9.62. The second-order valence-electron chi connectivity index (χ2n) is 4.18. The van der Waals surface area contributed by atoms with Crippen molar-refractivity contribution in [3.63, 3.8) is 0 Å². The summed E-state index contributed by atoms with van der Waals surface area (Å²) >= 11 is 0. The monoisotopic (exact) mass is 223 g/mol. The molecule has 16 heavy (non-hydrogen) atoms. The van der Waals surface area contributed by atoms with Gasteiger partial charge in [0.1, 0.15) is 5.82 Å². The van der Waals surface area contributed by atoms with Gasteiger partial charge in [-0.25, -0.2) is 4.39 Å². The zero-order chi connectivity index (χ0) is 11.5. The summed E-state index contributed by atoms with van der Waals surface area (Å²) in [6.07, 6.45) is 1.08. The predicted molar refractivity (Wildman–Crippen MR) is 65.6 cm³/mol. The van der Waals surface area contributed by atoms with Crippen molar-refractivity contribution in [2.24, 2.45) is 5.73 Å². The third kappa shape index (κ3) is 2.11. The highest BCUT2D eigenvalue weighted by atomic mass is 19.1. The molecule has 3 nitrogen and oxygen atoms in total. The molecule has 0 unspecified atom stereocenters. The molecule has 0 aliphatic carbocycles. The molecule has 2 N–H and O–H groups in total. The fraction of sp³-hybridized carbons (Fsp3) is 0.500. The Morgan fingerprint density at radius 3 is 2.88 bits per heavy atom. The molecule has 1 aromatic rings. The van der Waals surface area contributed by atoms with Gasteiger partial charge in [0, 0.05) is 33.2 Å². The van der Waals surface area contributed by atoms with Gasteiger partial charge in [0.15, 0.2) is 0 Å². The van der Waals surface area contributed by atoms with E-state index >= 15 is 0 Å². The fourth-order valence-electron chi connectivity index (χ4n) is 2.20. The van der Waals surface area contributed by atoms with E-state index in [1.54, 1.807) is 6.07 Å². The summed E-state index contributed by atoms with van der Waals surface area (Å²) in [5, 5.41) is 0. The Bertz CT molecular complexity index is 367. The van der Waals surface area contributed by atoms with E-state index in [-0.39, 0.29) is 5.82 Å². The first kappa shape index (κ1) is 11.2. The average molecular weight is 223 g/mol. The first-order chi connectivity index (χ1) is 7.72. The minimum absolute atomic E-state index is 0.184. The molecule has 2 rings (SSSR count). The average Bonchev–Trinajstić information content (AvgIpc) is 2.40. The van der Waals surface area contributed by atoms with Crippen LogP contribution in [-0.4, -0.2) is 33.2 Å². The maximum absolute atomic E-state index is 13.3. The van der Waals surface area contributed by atoms with Crippen LogP contribution in [0.5, 0.6) is 0 Å². The van der Waals surface area contributed by atoms with Gasteiger partial charge in [-0.05, 0) is 24.6 Å². The predicted octanol–water partition coefficient (Wildman–Crippen LogP) is 1.43. The van der Waals surface area contributed by atoms with Crippen LogP contribution in [-0.2, 0) is 0 Å². The molecular formula is C12H18FN3. The molecule has 1 aromatic carbocycles. The quantitative estimate of drug-likeness (QED) is 0.823. The summed E-state index contributed by atoms with van der Waals surface area (Å²) < 4.78 is 13.3. The molecule has 0 atom stereocenters. The smallest absolute Gasteiger partial charge is 0.125 e. The SMILES string of the molecule is CN1CCCN(CCN)c2cc(F)ccc21. The van der Waals surface area contributed by atoms with E-state index < -0.39 is 0 Å². The van der Waals surface area contributed by atoms with Crippen LogP contribution < -0.4 is 15.5 Å². The second-order valence-corrected chi connectivity index (χ2v) is 4.18. The van der Waals surface area contributed by atoms with E-state index in [1.165, 1.54) is 6.07 Å². The van der Waals surface area contributed by atoms with Crippen molar-refractivity contribution in [1.82, 2.24) is 0 Å². The molecular weight excluding hydrogens is 205 g/mol. The van der Waals surface area contributed by atoms with Crippen molar-refractivity contribution in [2.45, 2.75) is 6.42 Å². The lowest BCUT2D eigenvalue weighted by Crippen LogP contribution is -2.30. The largest absolute Gasteiger partial charge is 0.373 e. The van der Waals surface area contributed by atoms with Crippen molar-refractivity contribution < 1.29 is 4.39 Å². The number of benzene rings is 1. The van der Waals surface area contributed by atoms with Crippen LogP contribution in [0, 0.1) is 5.82 Å². The highest BCUT2D eigenvalue weighted by Gasteiger charge is 2.18. The van der Waals surface area contributed by atoms with Gasteiger partial charge in [0.25, 0.3) is 0 Å². The van der Waals surface area contributed by atoms with Gasteiger partial charge in [-0.15, -0.1) is 0 Å². The van der Waals surface area contributed by atoms with E-state index in [4.69, 9.17) is 5.73 Å². The topological polar surface area (TPSA) is 32.5 Å². The molecule has 4 heteroatoms. The van der Waals surface area contributed by atoms with Gasteiger partial charge in [-0.2, -0.15) is 0 Å². The van der Waals surface area contributed by atoms with Crippen molar-refractivity contribution in [2.75, 3.05) is 43.0 Å². The van der Waals surface area contributed by atoms with Gasteiger partial charge in [-0.3, -0.25) is 0 Å². The number of hydrogen-bond acceptors (Lipinski definition) is 3. The van der Waals surface area contributed by atoms with Crippen LogP contribution in [0.4, 0.5) is 15.8 Å². The first-order valence-electron chi connectivity index (χ1n) is 5.68. The molecule has 0 aromatic heterocycles. The summed E-state index contributed by atoms with van der Waals surface area (Å²) in [6, 6.07) is 4.97. The lowest BCUT2D eigenvalue weighted by molar-refractivity contribution is 0.626. The van der Waals surface area contributed by atoms with Crippen LogP contribution >= 0.6 is 0 Å². The Balaban J connectivity index is 2.40. The van der Waals surface area contributed by atoms with Crippen molar-refractivity contribution in [1.29, 1.82) is 0 Å². The Morgan fingerprint density at radius 2 is 2.12 bits per heavy atom. The zero-order valence-electron chi connectivity index (χ0n) is 9.62. The Kier molecular flexibility index (Phi) is 3.29. The van der Waals surface area contributed by atoms with E-state index in [9.17, 15) is 4.39 Å². The van der Waals surface area contributed by atoms with E-state index in [1.807, 2.05) is 13.1 Å². The highest BCUT2D eigenvalue weighted by Crippen LogP contribution is 2.31. The van der Waals surface area contributed by atoms with Gasteiger partial charge >= 0.3 is 0 Å². The lowest BCUT2D eigenvalue weighted by atomic mass is 10.2. The number of nitrogens with two attached hydrogens (primary N) is 1. The molecule has 1 aliphatic heterocycles. The summed E-state index contributed by atoms with van der Waals surface area (Å²) in [4.78, 5) is 4.34. The molecule has 88 valence electrons. The van der Waals surface area contributed by atoms with E-state index in [2.05, 4.69) is 9.80 Å². The highest BCUT2D eigenvalue weighted by molar-refractivity contribution is 5.72. The van der Waals surface area contributed by atoms with Gasteiger partial charge < -0.3 is 15.5 Å². The molecule has 1 aliphatic rings. The fourth-order valence-corrected chi connectivity index (χ4v) is 2.20. The Hall–Kier alpha value is -1.29. The number of nitrogens with zero attached hydrogens (tertiary/aromatic N) is 2. The van der Waals surface area contributed by atoms with Crippen LogP contribution in [0.1, 0.15) is 6.42 Å². The molecule has 0 spiro atoms. The normalized spacial score (nSPS) is 15.9. The number of fused-ring (bicyclic) bond motifs is 1. The Morgan fingerprint density at radius 1 is 1.31 bits per heavy atom. The third-order valence-electron chi connectivity index (χ3n) is 3.01. The molecule has 0 fully saturated rings. The van der Waals surface area contributed by atoms with Crippen LogP contribution in [0.25, 0.3) is 0 Å². The number of anilines is 2. The number of rotatable bonds is 2. The van der Waals surface area contributed by atoms with Crippen molar-refractivity contribution in [3.05, 3.63) is 24.0 Å². The molecule has 0 saturated carbocycles. The van der Waals surface area contributed by atoms with Gasteiger partial charge in [-0.1, -0.05) is 0 Å². The van der Waals surface area contributed by atoms with E-state index in [0.29, 0.717) is 6.54 Å². The van der Waals surface area contributed by atoms with Gasteiger partial charge in [0.05, 0.1) is 11.4 Å². The maximum atomic E-state index is 13.3. The van der Waals surface area contributed by atoms with E-state index in [0.717, 1.165) is 37.4 Å². The van der Waals surface area contributed by atoms with Crippen molar-refractivity contribution in [3.8, 4) is 0 Å². The number of hydrogen-bond donors (Lipinski definition) is 1. The second kappa shape index (κ2) is 4.70. The van der Waals surface area contributed by atoms with Crippen LogP contribution in [0.15, 0.2) is 18.2 Å². The summed E-state index contributed by atoms with van der Waals surface area (Å²) in [5.41, 5.74) is 7.64. The molecule has 0 amide bonds. The first-order valence-corrected chi connectivity index (χ1v) is 5.68. The van der Waals surface area contributed by atoms with Crippen molar-refractivity contribution >= 4 is 11.4 Å².